The SMILES string of the molecule is NCCC1CN(Cc2cnc(-c3ccco3)nc2)CCO1. The molecule has 1 unspecified atom stereocenters. The minimum absolute atomic E-state index is 0.243. The molecular formula is C15H20N4O2. The summed E-state index contributed by atoms with van der Waals surface area (Å²) in [5, 5.41) is 0. The summed E-state index contributed by atoms with van der Waals surface area (Å²) in [6.07, 6.45) is 6.49. The topological polar surface area (TPSA) is 77.4 Å². The molecule has 21 heavy (non-hydrogen) atoms. The largest absolute Gasteiger partial charge is 0.461 e. The standard InChI is InChI=1S/C15H20N4O2/c16-4-3-13-11-19(5-7-20-13)10-12-8-17-15(18-9-12)14-2-1-6-21-14/h1-2,6,8-9,13H,3-5,7,10-11,16H2. The molecule has 1 saturated heterocycles. The van der Waals surface area contributed by atoms with Gasteiger partial charge in [0.05, 0.1) is 19.0 Å². The van der Waals surface area contributed by atoms with E-state index in [1.54, 1.807) is 6.26 Å². The van der Waals surface area contributed by atoms with Gasteiger partial charge < -0.3 is 14.9 Å². The molecule has 2 aromatic heterocycles. The van der Waals surface area contributed by atoms with Crippen LogP contribution in [0.4, 0.5) is 0 Å². The van der Waals surface area contributed by atoms with Gasteiger partial charge in [-0.3, -0.25) is 4.90 Å². The van der Waals surface area contributed by atoms with Gasteiger partial charge in [-0.2, -0.15) is 0 Å². The van der Waals surface area contributed by atoms with Gasteiger partial charge in [-0.15, -0.1) is 0 Å². The van der Waals surface area contributed by atoms with Crippen molar-refractivity contribution in [1.82, 2.24) is 14.9 Å². The Morgan fingerprint density at radius 3 is 2.90 bits per heavy atom. The normalized spacial score (nSPS) is 19.8. The van der Waals surface area contributed by atoms with Crippen molar-refractivity contribution in [3.05, 3.63) is 36.4 Å². The molecule has 1 aliphatic rings. The Morgan fingerprint density at radius 2 is 2.19 bits per heavy atom. The molecule has 0 amide bonds. The average molecular weight is 288 g/mol. The van der Waals surface area contributed by atoms with E-state index in [9.17, 15) is 0 Å². The van der Waals surface area contributed by atoms with Gasteiger partial charge in [0, 0.05) is 37.6 Å². The molecule has 0 bridgehead atoms. The van der Waals surface area contributed by atoms with Crippen molar-refractivity contribution in [3.63, 3.8) is 0 Å². The molecule has 0 radical (unpaired) electrons. The van der Waals surface area contributed by atoms with Gasteiger partial charge in [0.15, 0.2) is 11.6 Å². The van der Waals surface area contributed by atoms with Crippen molar-refractivity contribution >= 4 is 0 Å². The highest BCUT2D eigenvalue weighted by molar-refractivity contribution is 5.45. The fraction of sp³-hybridized carbons (Fsp3) is 0.467. The van der Waals surface area contributed by atoms with Crippen molar-refractivity contribution in [2.45, 2.75) is 19.1 Å². The predicted octanol–water partition coefficient (Wildman–Crippen LogP) is 1.29. The Hall–Kier alpha value is -1.76. The molecule has 2 N–H and O–H groups in total. The molecule has 2 aromatic rings. The van der Waals surface area contributed by atoms with Crippen LogP contribution in [0.5, 0.6) is 0 Å². The third-order valence-corrected chi connectivity index (χ3v) is 3.56. The van der Waals surface area contributed by atoms with E-state index in [0.717, 1.165) is 38.2 Å². The first kappa shape index (κ1) is 14.2. The molecule has 1 aliphatic heterocycles. The van der Waals surface area contributed by atoms with Crippen molar-refractivity contribution in [1.29, 1.82) is 0 Å². The van der Waals surface area contributed by atoms with Crippen LogP contribution in [-0.2, 0) is 11.3 Å². The molecular weight excluding hydrogens is 268 g/mol. The molecule has 0 aromatic carbocycles. The maximum Gasteiger partial charge on any atom is 0.195 e. The minimum atomic E-state index is 0.243. The molecule has 0 aliphatic carbocycles. The summed E-state index contributed by atoms with van der Waals surface area (Å²) in [5.41, 5.74) is 6.69. The molecule has 1 atom stereocenters. The number of hydrogen-bond donors (Lipinski definition) is 1. The van der Waals surface area contributed by atoms with Crippen molar-refractivity contribution in [3.8, 4) is 11.6 Å². The van der Waals surface area contributed by atoms with Crippen LogP contribution in [0.25, 0.3) is 11.6 Å². The van der Waals surface area contributed by atoms with Crippen LogP contribution in [0.3, 0.4) is 0 Å². The number of hydrogen-bond acceptors (Lipinski definition) is 6. The highest BCUT2D eigenvalue weighted by Crippen LogP contribution is 2.16. The number of rotatable bonds is 5. The second kappa shape index (κ2) is 6.80. The Labute approximate surface area is 123 Å². The van der Waals surface area contributed by atoms with Gasteiger partial charge >= 0.3 is 0 Å². The lowest BCUT2D eigenvalue weighted by molar-refractivity contribution is -0.0335. The van der Waals surface area contributed by atoms with Gasteiger partial charge in [0.2, 0.25) is 0 Å². The van der Waals surface area contributed by atoms with Crippen LogP contribution in [-0.4, -0.2) is 47.2 Å². The summed E-state index contributed by atoms with van der Waals surface area (Å²) in [6.45, 7) is 4.11. The zero-order chi connectivity index (χ0) is 14.5. The Balaban J connectivity index is 1.60. The monoisotopic (exact) mass is 288 g/mol. The number of aromatic nitrogens is 2. The van der Waals surface area contributed by atoms with Crippen LogP contribution >= 0.6 is 0 Å². The molecule has 6 nitrogen and oxygen atoms in total. The first-order valence-electron chi connectivity index (χ1n) is 7.24. The smallest absolute Gasteiger partial charge is 0.195 e. The Morgan fingerprint density at radius 1 is 1.33 bits per heavy atom. The van der Waals surface area contributed by atoms with E-state index in [4.69, 9.17) is 14.9 Å². The van der Waals surface area contributed by atoms with E-state index in [0.29, 0.717) is 18.1 Å². The quantitative estimate of drug-likeness (QED) is 0.893. The number of nitrogens with zero attached hydrogens (tertiary/aromatic N) is 3. The lowest BCUT2D eigenvalue weighted by atomic mass is 10.2. The summed E-state index contributed by atoms with van der Waals surface area (Å²) in [4.78, 5) is 11.1. The van der Waals surface area contributed by atoms with Crippen LogP contribution in [0, 0.1) is 0 Å². The fourth-order valence-electron chi connectivity index (χ4n) is 2.51. The fourth-order valence-corrected chi connectivity index (χ4v) is 2.51. The summed E-state index contributed by atoms with van der Waals surface area (Å²) >= 11 is 0. The van der Waals surface area contributed by atoms with Crippen molar-refractivity contribution < 1.29 is 9.15 Å². The third kappa shape index (κ3) is 3.66. The molecule has 0 spiro atoms. The zero-order valence-electron chi connectivity index (χ0n) is 11.9. The molecule has 6 heteroatoms. The lowest BCUT2D eigenvalue weighted by Gasteiger charge is -2.32. The average Bonchev–Trinajstić information content (AvgIpc) is 3.03. The van der Waals surface area contributed by atoms with Crippen LogP contribution in [0.1, 0.15) is 12.0 Å². The van der Waals surface area contributed by atoms with Crippen LogP contribution in [0.2, 0.25) is 0 Å². The number of ether oxygens (including phenoxy) is 1. The molecule has 0 saturated carbocycles. The first-order valence-corrected chi connectivity index (χ1v) is 7.24. The van der Waals surface area contributed by atoms with Crippen molar-refractivity contribution in [2.75, 3.05) is 26.2 Å². The molecule has 3 rings (SSSR count). The van der Waals surface area contributed by atoms with Gasteiger partial charge in [0.1, 0.15) is 0 Å². The predicted molar refractivity (Wildman–Crippen MR) is 78.4 cm³/mol. The molecule has 112 valence electrons. The van der Waals surface area contributed by atoms with Crippen LogP contribution < -0.4 is 5.73 Å². The van der Waals surface area contributed by atoms with Gasteiger partial charge in [-0.1, -0.05) is 0 Å². The van der Waals surface area contributed by atoms with E-state index < -0.39 is 0 Å². The van der Waals surface area contributed by atoms with Gasteiger partial charge in [0.25, 0.3) is 0 Å². The molecule has 3 heterocycles. The van der Waals surface area contributed by atoms with E-state index in [2.05, 4.69) is 14.9 Å². The van der Waals surface area contributed by atoms with E-state index in [1.807, 2.05) is 24.5 Å². The van der Waals surface area contributed by atoms with Crippen LogP contribution in [0.15, 0.2) is 35.2 Å². The lowest BCUT2D eigenvalue weighted by Crippen LogP contribution is -2.42. The van der Waals surface area contributed by atoms with Gasteiger partial charge in [-0.05, 0) is 25.1 Å². The van der Waals surface area contributed by atoms with E-state index >= 15 is 0 Å². The van der Waals surface area contributed by atoms with Gasteiger partial charge in [-0.25, -0.2) is 9.97 Å². The number of furan rings is 1. The molecule has 1 fully saturated rings. The second-order valence-electron chi connectivity index (χ2n) is 5.20. The Kier molecular flexibility index (Phi) is 4.59. The Bertz CT molecular complexity index is 539. The minimum Gasteiger partial charge on any atom is -0.461 e. The summed E-state index contributed by atoms with van der Waals surface area (Å²) < 4.78 is 11.0. The first-order chi connectivity index (χ1) is 10.3. The number of morpholine rings is 1. The summed E-state index contributed by atoms with van der Waals surface area (Å²) in [5.74, 6) is 1.31. The highest BCUT2D eigenvalue weighted by Gasteiger charge is 2.20. The summed E-state index contributed by atoms with van der Waals surface area (Å²) in [6, 6.07) is 3.69. The maximum absolute atomic E-state index is 5.69. The second-order valence-corrected chi connectivity index (χ2v) is 5.20. The van der Waals surface area contributed by atoms with E-state index in [1.165, 1.54) is 0 Å². The van der Waals surface area contributed by atoms with E-state index in [-0.39, 0.29) is 6.10 Å². The number of nitrogens with two attached hydrogens (primary N) is 1. The van der Waals surface area contributed by atoms with Crippen molar-refractivity contribution in [2.24, 2.45) is 5.73 Å². The summed E-state index contributed by atoms with van der Waals surface area (Å²) in [7, 11) is 0. The zero-order valence-corrected chi connectivity index (χ0v) is 11.9. The third-order valence-electron chi connectivity index (χ3n) is 3.56. The maximum atomic E-state index is 5.69. The highest BCUT2D eigenvalue weighted by atomic mass is 16.5.